The number of aromatic nitrogens is 2. The van der Waals surface area contributed by atoms with Crippen LogP contribution in [0.4, 0.5) is 5.69 Å². The third kappa shape index (κ3) is 3.27. The number of hydrogen-bond acceptors (Lipinski definition) is 3. The van der Waals surface area contributed by atoms with Crippen LogP contribution in [0.3, 0.4) is 0 Å². The fraction of sp³-hybridized carbons (Fsp3) is 0.167. The molecule has 0 aliphatic carbocycles. The van der Waals surface area contributed by atoms with E-state index in [2.05, 4.69) is 15.6 Å². The maximum atomic E-state index is 12.2. The third-order valence-corrected chi connectivity index (χ3v) is 3.75. The number of para-hydroxylation sites is 2. The summed E-state index contributed by atoms with van der Waals surface area (Å²) in [7, 11) is 1.93. The molecule has 0 spiro atoms. The van der Waals surface area contributed by atoms with Gasteiger partial charge in [0.1, 0.15) is 5.82 Å². The summed E-state index contributed by atoms with van der Waals surface area (Å²) in [6.07, 6.45) is 0. The van der Waals surface area contributed by atoms with Crippen molar-refractivity contribution < 1.29 is 9.59 Å². The maximum Gasteiger partial charge on any atom is 0.251 e. The molecule has 0 atom stereocenters. The van der Waals surface area contributed by atoms with Crippen molar-refractivity contribution in [3.05, 3.63) is 59.9 Å². The molecule has 2 N–H and O–H groups in total. The number of nitrogens with zero attached hydrogens (tertiary/aromatic N) is 2. The predicted molar refractivity (Wildman–Crippen MR) is 92.6 cm³/mol. The highest BCUT2D eigenvalue weighted by Crippen LogP contribution is 2.14. The van der Waals surface area contributed by atoms with Gasteiger partial charge in [0.2, 0.25) is 5.91 Å². The van der Waals surface area contributed by atoms with Crippen molar-refractivity contribution in [3.8, 4) is 0 Å². The smallest absolute Gasteiger partial charge is 0.251 e. The Kier molecular flexibility index (Phi) is 4.29. The van der Waals surface area contributed by atoms with Crippen LogP contribution in [0.25, 0.3) is 11.0 Å². The van der Waals surface area contributed by atoms with Gasteiger partial charge in [-0.25, -0.2) is 4.98 Å². The highest BCUT2D eigenvalue weighted by Gasteiger charge is 2.10. The Bertz CT molecular complexity index is 897. The molecule has 24 heavy (non-hydrogen) atoms. The fourth-order valence-corrected chi connectivity index (χ4v) is 2.52. The van der Waals surface area contributed by atoms with Crippen molar-refractivity contribution >= 4 is 28.5 Å². The van der Waals surface area contributed by atoms with Gasteiger partial charge < -0.3 is 15.2 Å². The lowest BCUT2D eigenvalue weighted by atomic mass is 10.2. The van der Waals surface area contributed by atoms with Crippen LogP contribution in [-0.4, -0.2) is 21.4 Å². The predicted octanol–water partition coefficient (Wildman–Crippen LogP) is 2.46. The molecule has 1 aromatic heterocycles. The lowest BCUT2D eigenvalue weighted by Gasteiger charge is -2.07. The summed E-state index contributed by atoms with van der Waals surface area (Å²) in [6, 6.07) is 14.6. The highest BCUT2D eigenvalue weighted by atomic mass is 16.2. The van der Waals surface area contributed by atoms with Gasteiger partial charge in [-0.15, -0.1) is 0 Å². The van der Waals surface area contributed by atoms with E-state index in [9.17, 15) is 9.59 Å². The molecule has 2 amide bonds. The molecule has 122 valence electrons. The first-order chi connectivity index (χ1) is 11.5. The van der Waals surface area contributed by atoms with Gasteiger partial charge in [0.25, 0.3) is 5.91 Å². The normalized spacial score (nSPS) is 10.6. The zero-order valence-corrected chi connectivity index (χ0v) is 13.5. The minimum Gasteiger partial charge on any atom is -0.345 e. The van der Waals surface area contributed by atoms with Crippen molar-refractivity contribution in [1.82, 2.24) is 14.9 Å². The Morgan fingerprint density at radius 1 is 1.08 bits per heavy atom. The Morgan fingerprint density at radius 3 is 2.46 bits per heavy atom. The molecule has 1 heterocycles. The molecule has 0 unspecified atom stereocenters. The molecular weight excluding hydrogens is 304 g/mol. The van der Waals surface area contributed by atoms with Gasteiger partial charge in [-0.3, -0.25) is 9.59 Å². The number of anilines is 1. The fourth-order valence-electron chi connectivity index (χ4n) is 2.52. The largest absolute Gasteiger partial charge is 0.345 e. The van der Waals surface area contributed by atoms with Crippen LogP contribution in [0.15, 0.2) is 48.5 Å². The number of imidazole rings is 1. The van der Waals surface area contributed by atoms with Gasteiger partial charge >= 0.3 is 0 Å². The van der Waals surface area contributed by atoms with Gasteiger partial charge in [-0.05, 0) is 36.4 Å². The van der Waals surface area contributed by atoms with Gasteiger partial charge in [0.15, 0.2) is 0 Å². The number of carbonyl (C=O) groups excluding carboxylic acids is 2. The van der Waals surface area contributed by atoms with Crippen molar-refractivity contribution in [1.29, 1.82) is 0 Å². The van der Waals surface area contributed by atoms with Crippen LogP contribution < -0.4 is 10.6 Å². The van der Waals surface area contributed by atoms with Gasteiger partial charge in [-0.2, -0.15) is 0 Å². The molecular formula is C18H18N4O2. The first-order valence-corrected chi connectivity index (χ1v) is 7.61. The molecule has 6 nitrogen and oxygen atoms in total. The summed E-state index contributed by atoms with van der Waals surface area (Å²) >= 11 is 0. The van der Waals surface area contributed by atoms with E-state index in [0.29, 0.717) is 17.8 Å². The van der Waals surface area contributed by atoms with E-state index in [1.54, 1.807) is 24.3 Å². The number of hydrogen-bond donors (Lipinski definition) is 2. The zero-order valence-electron chi connectivity index (χ0n) is 13.5. The average molecular weight is 322 g/mol. The third-order valence-electron chi connectivity index (χ3n) is 3.75. The summed E-state index contributed by atoms with van der Waals surface area (Å²) in [4.78, 5) is 27.8. The summed E-state index contributed by atoms with van der Waals surface area (Å²) in [5.74, 6) is 0.463. The molecule has 3 aromatic rings. The monoisotopic (exact) mass is 322 g/mol. The number of carbonyl (C=O) groups is 2. The molecule has 3 rings (SSSR count). The number of nitrogens with one attached hydrogen (secondary N) is 2. The molecule has 0 saturated carbocycles. The van der Waals surface area contributed by atoms with Crippen molar-refractivity contribution in [3.63, 3.8) is 0 Å². The van der Waals surface area contributed by atoms with Gasteiger partial charge in [0.05, 0.1) is 17.6 Å². The molecule has 0 aliphatic rings. The van der Waals surface area contributed by atoms with Crippen LogP contribution in [0.5, 0.6) is 0 Å². The second-order valence-electron chi connectivity index (χ2n) is 5.52. The summed E-state index contributed by atoms with van der Waals surface area (Å²) in [5, 5.41) is 5.53. The molecule has 0 bridgehead atoms. The van der Waals surface area contributed by atoms with Crippen LogP contribution in [0, 0.1) is 0 Å². The van der Waals surface area contributed by atoms with E-state index in [0.717, 1.165) is 16.9 Å². The number of amides is 2. The quantitative estimate of drug-likeness (QED) is 0.775. The Morgan fingerprint density at radius 2 is 1.79 bits per heavy atom. The van der Waals surface area contributed by atoms with Crippen LogP contribution in [-0.2, 0) is 18.4 Å². The van der Waals surface area contributed by atoms with Crippen LogP contribution in [0.1, 0.15) is 23.1 Å². The number of fused-ring (bicyclic) bond motifs is 1. The second kappa shape index (κ2) is 6.54. The minimum atomic E-state index is -0.184. The first-order valence-electron chi connectivity index (χ1n) is 7.61. The second-order valence-corrected chi connectivity index (χ2v) is 5.52. The summed E-state index contributed by atoms with van der Waals surface area (Å²) < 4.78 is 1.97. The maximum absolute atomic E-state index is 12.2. The molecule has 0 radical (unpaired) electrons. The standard InChI is InChI=1S/C18H18N4O2/c1-12(23)20-14-9-7-13(8-10-14)18(24)19-11-17-21-15-5-3-4-6-16(15)22(17)2/h3-10H,11H2,1-2H3,(H,19,24)(H,20,23). The van der Waals surface area contributed by atoms with E-state index >= 15 is 0 Å². The van der Waals surface area contributed by atoms with E-state index in [1.165, 1.54) is 6.92 Å². The topological polar surface area (TPSA) is 76.0 Å². The minimum absolute atomic E-state index is 0.144. The van der Waals surface area contributed by atoms with Crippen molar-refractivity contribution in [2.75, 3.05) is 5.32 Å². The highest BCUT2D eigenvalue weighted by molar-refractivity contribution is 5.95. The zero-order chi connectivity index (χ0) is 17.1. The van der Waals surface area contributed by atoms with E-state index < -0.39 is 0 Å². The van der Waals surface area contributed by atoms with Crippen molar-refractivity contribution in [2.24, 2.45) is 7.05 Å². The lowest BCUT2D eigenvalue weighted by molar-refractivity contribution is -0.114. The SMILES string of the molecule is CC(=O)Nc1ccc(C(=O)NCc2nc3ccccc3n2C)cc1. The van der Waals surface area contributed by atoms with Crippen molar-refractivity contribution in [2.45, 2.75) is 13.5 Å². The van der Waals surface area contributed by atoms with Gasteiger partial charge in [0, 0.05) is 25.2 Å². The van der Waals surface area contributed by atoms with E-state index in [-0.39, 0.29) is 11.8 Å². The number of benzene rings is 2. The molecule has 6 heteroatoms. The van der Waals surface area contributed by atoms with Crippen LogP contribution in [0.2, 0.25) is 0 Å². The number of aryl methyl sites for hydroxylation is 1. The molecule has 0 saturated heterocycles. The lowest BCUT2D eigenvalue weighted by Crippen LogP contribution is -2.24. The number of rotatable bonds is 4. The summed E-state index contributed by atoms with van der Waals surface area (Å²) in [6.45, 7) is 1.79. The molecule has 0 aliphatic heterocycles. The first kappa shape index (κ1) is 15.7. The molecule has 0 fully saturated rings. The summed E-state index contributed by atoms with van der Waals surface area (Å²) in [5.41, 5.74) is 3.13. The Labute approximate surface area is 139 Å². The Balaban J connectivity index is 1.68. The van der Waals surface area contributed by atoms with Gasteiger partial charge in [-0.1, -0.05) is 12.1 Å². The van der Waals surface area contributed by atoms with Crippen LogP contribution >= 0.6 is 0 Å². The Hall–Kier alpha value is -3.15. The average Bonchev–Trinajstić information content (AvgIpc) is 2.89. The molecule has 2 aromatic carbocycles. The van der Waals surface area contributed by atoms with E-state index in [1.807, 2.05) is 35.9 Å². The van der Waals surface area contributed by atoms with E-state index in [4.69, 9.17) is 0 Å².